The van der Waals surface area contributed by atoms with Gasteiger partial charge in [-0.1, -0.05) is 0 Å². The summed E-state index contributed by atoms with van der Waals surface area (Å²) >= 11 is 0. The van der Waals surface area contributed by atoms with Crippen LogP contribution in [-0.2, 0) is 4.74 Å². The fraction of sp³-hybridized carbons (Fsp3) is 0.333. The van der Waals surface area contributed by atoms with Crippen molar-refractivity contribution < 1.29 is 9.47 Å². The largest absolute Gasteiger partial charge is 0.481 e. The Kier molecular flexibility index (Phi) is 2.03. The molecule has 0 bridgehead atoms. The van der Waals surface area contributed by atoms with Crippen molar-refractivity contribution in [3.63, 3.8) is 0 Å². The lowest BCUT2D eigenvalue weighted by atomic mass is 10.2. The summed E-state index contributed by atoms with van der Waals surface area (Å²) in [5, 5.41) is 10.9. The predicted molar refractivity (Wildman–Crippen MR) is 52.2 cm³/mol. The highest BCUT2D eigenvalue weighted by molar-refractivity contribution is 5.36. The molecule has 1 aliphatic heterocycles. The highest BCUT2D eigenvalue weighted by atomic mass is 16.6. The molecule has 0 aromatic carbocycles. The number of methoxy groups -OCH3 is 1. The summed E-state index contributed by atoms with van der Waals surface area (Å²) in [6, 6.07) is 3.75. The molecule has 1 aliphatic rings. The van der Waals surface area contributed by atoms with E-state index in [4.69, 9.17) is 9.47 Å². The van der Waals surface area contributed by atoms with Crippen LogP contribution >= 0.6 is 0 Å². The molecule has 0 radical (unpaired) electrons. The molecule has 0 amide bonds. The first-order valence-electron chi connectivity index (χ1n) is 4.78. The van der Waals surface area contributed by atoms with Crippen molar-refractivity contribution in [2.45, 2.75) is 6.10 Å². The molecule has 2 aromatic heterocycles. The predicted octanol–water partition coefficient (Wildman–Crippen LogP) is 0.137. The number of epoxide rings is 1. The van der Waals surface area contributed by atoms with Crippen LogP contribution in [0, 0.1) is 0 Å². The first-order chi connectivity index (χ1) is 7.88. The van der Waals surface area contributed by atoms with Crippen LogP contribution in [0.4, 0.5) is 0 Å². The minimum absolute atomic E-state index is 0.116. The third-order valence-electron chi connectivity index (χ3n) is 2.33. The van der Waals surface area contributed by atoms with E-state index in [9.17, 15) is 0 Å². The van der Waals surface area contributed by atoms with Crippen LogP contribution in [0.1, 0.15) is 11.7 Å². The van der Waals surface area contributed by atoms with Crippen LogP contribution in [0.2, 0.25) is 0 Å². The molecule has 16 heavy (non-hydrogen) atoms. The molecule has 0 spiro atoms. The van der Waals surface area contributed by atoms with Crippen molar-refractivity contribution in [2.24, 2.45) is 0 Å². The van der Waals surface area contributed by atoms with Crippen LogP contribution in [-0.4, -0.2) is 38.9 Å². The smallest absolute Gasteiger partial charge is 0.221 e. The molecule has 0 unspecified atom stereocenters. The van der Waals surface area contributed by atoms with Gasteiger partial charge in [-0.05, 0) is 22.6 Å². The van der Waals surface area contributed by atoms with Gasteiger partial charge in [-0.25, -0.2) is 0 Å². The maximum Gasteiger partial charge on any atom is 0.221 e. The number of nitrogens with zero attached hydrogens (tertiary/aromatic N) is 5. The van der Waals surface area contributed by atoms with E-state index in [2.05, 4.69) is 20.5 Å². The number of hydrogen-bond acceptors (Lipinski definition) is 6. The highest BCUT2D eigenvalue weighted by Gasteiger charge is 2.29. The van der Waals surface area contributed by atoms with Crippen LogP contribution in [0.15, 0.2) is 18.5 Å². The molecule has 0 N–H and O–H groups in total. The van der Waals surface area contributed by atoms with Gasteiger partial charge in [-0.2, -0.15) is 9.67 Å². The topological polar surface area (TPSA) is 78.2 Å². The van der Waals surface area contributed by atoms with Crippen molar-refractivity contribution in [3.8, 4) is 11.7 Å². The lowest BCUT2D eigenvalue weighted by Gasteiger charge is -2.06. The Labute approximate surface area is 91.0 Å². The molecule has 0 aliphatic carbocycles. The number of ether oxygens (including phenoxy) is 2. The molecule has 3 heterocycles. The normalized spacial score (nSPS) is 18.4. The van der Waals surface area contributed by atoms with E-state index < -0.39 is 0 Å². The van der Waals surface area contributed by atoms with E-state index in [1.807, 2.05) is 12.1 Å². The van der Waals surface area contributed by atoms with Crippen LogP contribution in [0.3, 0.4) is 0 Å². The fourth-order valence-electron chi connectivity index (χ4n) is 1.47. The van der Waals surface area contributed by atoms with E-state index in [1.54, 1.807) is 7.11 Å². The van der Waals surface area contributed by atoms with Gasteiger partial charge < -0.3 is 9.47 Å². The van der Waals surface area contributed by atoms with Crippen LogP contribution < -0.4 is 4.74 Å². The zero-order chi connectivity index (χ0) is 11.0. The Hall–Kier alpha value is -2.02. The SMILES string of the molecule is COc1nc(-n2cnnn2)ccc1[C@H]1CO1. The van der Waals surface area contributed by atoms with Crippen molar-refractivity contribution in [2.75, 3.05) is 13.7 Å². The van der Waals surface area contributed by atoms with Gasteiger partial charge in [0.25, 0.3) is 0 Å². The molecule has 7 nitrogen and oxygen atoms in total. The quantitative estimate of drug-likeness (QED) is 0.683. The van der Waals surface area contributed by atoms with Gasteiger partial charge in [0.1, 0.15) is 12.4 Å². The third kappa shape index (κ3) is 1.50. The first-order valence-corrected chi connectivity index (χ1v) is 4.78. The van der Waals surface area contributed by atoms with Crippen molar-refractivity contribution in [1.82, 2.24) is 25.2 Å². The van der Waals surface area contributed by atoms with E-state index >= 15 is 0 Å². The van der Waals surface area contributed by atoms with Crippen LogP contribution in [0.25, 0.3) is 5.82 Å². The number of tetrazole rings is 1. The van der Waals surface area contributed by atoms with Gasteiger partial charge in [0, 0.05) is 5.56 Å². The second-order valence-corrected chi connectivity index (χ2v) is 3.34. The van der Waals surface area contributed by atoms with Crippen molar-refractivity contribution >= 4 is 0 Å². The summed E-state index contributed by atoms with van der Waals surface area (Å²) in [5.41, 5.74) is 0.958. The van der Waals surface area contributed by atoms with Gasteiger partial charge in [0.15, 0.2) is 5.82 Å². The average molecular weight is 219 g/mol. The summed E-state index contributed by atoms with van der Waals surface area (Å²) in [6.07, 6.45) is 1.60. The lowest BCUT2D eigenvalue weighted by Crippen LogP contribution is -2.02. The molecule has 3 rings (SSSR count). The van der Waals surface area contributed by atoms with E-state index in [1.165, 1.54) is 11.0 Å². The summed E-state index contributed by atoms with van der Waals surface area (Å²) in [4.78, 5) is 4.31. The van der Waals surface area contributed by atoms with Gasteiger partial charge in [-0.15, -0.1) is 5.10 Å². The third-order valence-corrected chi connectivity index (χ3v) is 2.33. The molecule has 0 saturated carbocycles. The second-order valence-electron chi connectivity index (χ2n) is 3.34. The van der Waals surface area contributed by atoms with Crippen LogP contribution in [0.5, 0.6) is 5.88 Å². The number of hydrogen-bond donors (Lipinski definition) is 0. The van der Waals surface area contributed by atoms with E-state index in [-0.39, 0.29) is 6.10 Å². The highest BCUT2D eigenvalue weighted by Crippen LogP contribution is 2.35. The Morgan fingerprint density at radius 2 is 2.38 bits per heavy atom. The zero-order valence-corrected chi connectivity index (χ0v) is 8.57. The maximum absolute atomic E-state index is 5.21. The van der Waals surface area contributed by atoms with E-state index in [0.29, 0.717) is 11.7 Å². The molecule has 1 fully saturated rings. The standard InChI is InChI=1S/C9H9N5O2/c1-15-9-6(7-4-16-7)2-3-8(11-9)14-5-10-12-13-14/h2-3,5,7H,4H2,1H3/t7-/m1/s1. The number of pyridine rings is 1. The maximum atomic E-state index is 5.21. The Morgan fingerprint density at radius 3 is 3.00 bits per heavy atom. The fourth-order valence-corrected chi connectivity index (χ4v) is 1.47. The minimum Gasteiger partial charge on any atom is -0.481 e. The molecule has 82 valence electrons. The van der Waals surface area contributed by atoms with Gasteiger partial charge in [0.05, 0.1) is 13.7 Å². The number of rotatable bonds is 3. The van der Waals surface area contributed by atoms with E-state index in [0.717, 1.165) is 12.2 Å². The number of aromatic nitrogens is 5. The molecule has 2 aromatic rings. The Bertz CT molecular complexity index is 495. The van der Waals surface area contributed by atoms with Crippen molar-refractivity contribution in [3.05, 3.63) is 24.0 Å². The van der Waals surface area contributed by atoms with Gasteiger partial charge in [0.2, 0.25) is 5.88 Å². The minimum atomic E-state index is 0.116. The Balaban J connectivity index is 2.02. The summed E-state index contributed by atoms with van der Waals surface area (Å²) in [6.45, 7) is 0.724. The Morgan fingerprint density at radius 1 is 1.50 bits per heavy atom. The van der Waals surface area contributed by atoms with Crippen molar-refractivity contribution in [1.29, 1.82) is 0 Å². The molecular weight excluding hydrogens is 210 g/mol. The summed E-state index contributed by atoms with van der Waals surface area (Å²) < 4.78 is 11.9. The zero-order valence-electron chi connectivity index (χ0n) is 8.57. The molecule has 7 heteroatoms. The average Bonchev–Trinajstić information content (AvgIpc) is 3.03. The molecular formula is C9H9N5O2. The molecule has 1 saturated heterocycles. The first kappa shape index (κ1) is 9.22. The van der Waals surface area contributed by atoms with Gasteiger partial charge >= 0.3 is 0 Å². The monoisotopic (exact) mass is 219 g/mol. The van der Waals surface area contributed by atoms with Gasteiger partial charge in [-0.3, -0.25) is 0 Å². The second kappa shape index (κ2) is 3.53. The summed E-state index contributed by atoms with van der Waals surface area (Å²) in [7, 11) is 1.58. The molecule has 1 atom stereocenters. The lowest BCUT2D eigenvalue weighted by molar-refractivity contribution is 0.371. The summed E-state index contributed by atoms with van der Waals surface area (Å²) in [5.74, 6) is 1.17.